The maximum atomic E-state index is 12.0. The number of hydrogen-bond acceptors (Lipinski definition) is 6. The van der Waals surface area contributed by atoms with Crippen molar-refractivity contribution in [3.63, 3.8) is 0 Å². The monoisotopic (exact) mass is 324 g/mol. The first kappa shape index (κ1) is 14.9. The lowest BCUT2D eigenvalue weighted by atomic mass is 10.1. The fourth-order valence-corrected chi connectivity index (χ4v) is 2.76. The van der Waals surface area contributed by atoms with Crippen LogP contribution >= 0.6 is 24.0 Å². The van der Waals surface area contributed by atoms with E-state index in [0.717, 1.165) is 16.8 Å². The molecule has 0 unspecified atom stereocenters. The summed E-state index contributed by atoms with van der Waals surface area (Å²) in [5.41, 5.74) is 7.15. The molecule has 21 heavy (non-hydrogen) atoms. The lowest BCUT2D eigenvalue weighted by Crippen LogP contribution is -2.47. The molecule has 1 aliphatic heterocycles. The lowest BCUT2D eigenvalue weighted by Gasteiger charge is -2.12. The van der Waals surface area contributed by atoms with Gasteiger partial charge in [0.05, 0.1) is 15.4 Å². The van der Waals surface area contributed by atoms with E-state index in [0.29, 0.717) is 0 Å². The zero-order valence-electron chi connectivity index (χ0n) is 10.3. The van der Waals surface area contributed by atoms with Gasteiger partial charge in [-0.05, 0) is 24.4 Å². The molecule has 2 rings (SSSR count). The summed E-state index contributed by atoms with van der Waals surface area (Å²) in [6, 6.07) is 5.04. The molecule has 1 fully saturated rings. The third-order valence-corrected chi connectivity index (χ3v) is 3.74. The summed E-state index contributed by atoms with van der Waals surface area (Å²) < 4.78 is 0.0867. The minimum atomic E-state index is -0.932. The Hall–Kier alpha value is -2.46. The second kappa shape index (κ2) is 5.89. The molecule has 0 atom stereocenters. The molecule has 3 N–H and O–H groups in total. The van der Waals surface area contributed by atoms with Gasteiger partial charge >= 0.3 is 6.03 Å². The number of primary amides is 1. The number of nitrogens with two attached hydrogens (primary N) is 1. The Balaban J connectivity index is 2.35. The number of urea groups is 1. The molecule has 8 nitrogen and oxygen atoms in total. The van der Waals surface area contributed by atoms with Crippen molar-refractivity contribution < 1.29 is 14.5 Å². The second-order valence-corrected chi connectivity index (χ2v) is 5.48. The maximum Gasteiger partial charge on any atom is 0.331 e. The van der Waals surface area contributed by atoms with Crippen molar-refractivity contribution >= 4 is 52.0 Å². The number of amides is 3. The first-order chi connectivity index (χ1) is 9.90. The van der Waals surface area contributed by atoms with Gasteiger partial charge in [-0.25, -0.2) is 10.2 Å². The summed E-state index contributed by atoms with van der Waals surface area (Å²) in [6.45, 7) is 0. The van der Waals surface area contributed by atoms with Crippen LogP contribution in [0.4, 0.5) is 10.5 Å². The number of para-hydroxylation sites is 1. The van der Waals surface area contributed by atoms with Gasteiger partial charge in [-0.1, -0.05) is 23.9 Å². The van der Waals surface area contributed by atoms with E-state index in [9.17, 15) is 19.7 Å². The van der Waals surface area contributed by atoms with E-state index in [1.54, 1.807) is 6.07 Å². The summed E-state index contributed by atoms with van der Waals surface area (Å²) in [5, 5.41) is 11.7. The Bertz CT molecular complexity index is 689. The normalized spacial score (nSPS) is 16.4. The van der Waals surface area contributed by atoms with E-state index in [1.807, 2.05) is 0 Å². The Kier molecular flexibility index (Phi) is 4.19. The highest BCUT2D eigenvalue weighted by atomic mass is 32.2. The molecule has 0 aliphatic carbocycles. The van der Waals surface area contributed by atoms with Gasteiger partial charge in [0, 0.05) is 6.07 Å². The first-order valence-electron chi connectivity index (χ1n) is 5.47. The fourth-order valence-electron chi connectivity index (χ4n) is 1.59. The molecule has 3 amide bonds. The summed E-state index contributed by atoms with van der Waals surface area (Å²) in [6.07, 6.45) is 1.35. The van der Waals surface area contributed by atoms with E-state index >= 15 is 0 Å². The molecule has 108 valence electrons. The molecular weight excluding hydrogens is 316 g/mol. The van der Waals surface area contributed by atoms with Crippen molar-refractivity contribution in [2.45, 2.75) is 0 Å². The highest BCUT2D eigenvalue weighted by molar-refractivity contribution is 8.26. The minimum Gasteiger partial charge on any atom is -0.350 e. The molecule has 10 heteroatoms. The van der Waals surface area contributed by atoms with Crippen LogP contribution in [0.1, 0.15) is 5.56 Å². The fraction of sp³-hybridized carbons (Fsp3) is 0. The van der Waals surface area contributed by atoms with Crippen LogP contribution < -0.4 is 11.2 Å². The van der Waals surface area contributed by atoms with Gasteiger partial charge in [0.25, 0.3) is 11.6 Å². The predicted octanol–water partition coefficient (Wildman–Crippen LogP) is 1.38. The summed E-state index contributed by atoms with van der Waals surface area (Å²) in [5.74, 6) is -0.595. The molecule has 1 aliphatic rings. The third kappa shape index (κ3) is 3.17. The quantitative estimate of drug-likeness (QED) is 0.375. The number of thiocarbonyl (C=S) groups is 1. The average Bonchev–Trinajstić information content (AvgIpc) is 2.66. The van der Waals surface area contributed by atoms with Crippen molar-refractivity contribution in [1.29, 1.82) is 0 Å². The van der Waals surface area contributed by atoms with Crippen molar-refractivity contribution in [3.8, 4) is 0 Å². The van der Waals surface area contributed by atoms with Crippen LogP contribution in [0, 0.1) is 10.1 Å². The number of nitro groups is 1. The molecule has 0 spiro atoms. The van der Waals surface area contributed by atoms with Crippen molar-refractivity contribution in [2.24, 2.45) is 5.73 Å². The van der Waals surface area contributed by atoms with Gasteiger partial charge in [0.2, 0.25) is 0 Å². The van der Waals surface area contributed by atoms with Crippen molar-refractivity contribution in [2.75, 3.05) is 0 Å². The number of nitro benzene ring substituents is 1. The number of hydrogen-bond donors (Lipinski definition) is 2. The van der Waals surface area contributed by atoms with Gasteiger partial charge in [0.15, 0.2) is 4.32 Å². The van der Waals surface area contributed by atoms with Gasteiger partial charge in [-0.15, -0.1) is 0 Å². The number of rotatable bonds is 3. The Morgan fingerprint density at radius 2 is 2.14 bits per heavy atom. The molecule has 1 aromatic rings. The van der Waals surface area contributed by atoms with E-state index in [4.69, 9.17) is 18.0 Å². The zero-order valence-corrected chi connectivity index (χ0v) is 11.9. The van der Waals surface area contributed by atoms with Gasteiger partial charge in [-0.3, -0.25) is 14.9 Å². The molecule has 1 aromatic carbocycles. The van der Waals surface area contributed by atoms with Crippen molar-refractivity contribution in [1.82, 2.24) is 10.4 Å². The zero-order chi connectivity index (χ0) is 15.6. The Morgan fingerprint density at radius 1 is 1.48 bits per heavy atom. The van der Waals surface area contributed by atoms with Gasteiger partial charge in [0.1, 0.15) is 0 Å². The SMILES string of the molecule is NC(=O)NN1C(=O)C(=Cc2ccccc2[N+](=O)[O-])SC1=S. The molecule has 1 heterocycles. The number of carbonyl (C=O) groups is 2. The van der Waals surface area contributed by atoms with E-state index in [1.165, 1.54) is 24.3 Å². The summed E-state index contributed by atoms with van der Waals surface area (Å²) >= 11 is 5.85. The van der Waals surface area contributed by atoms with Crippen LogP contribution in [0.2, 0.25) is 0 Å². The second-order valence-electron chi connectivity index (χ2n) is 3.81. The minimum absolute atomic E-state index is 0.0867. The van der Waals surface area contributed by atoms with E-state index in [-0.39, 0.29) is 20.5 Å². The smallest absolute Gasteiger partial charge is 0.331 e. The number of carbonyl (C=O) groups excluding carboxylic acids is 2. The number of hydrazine groups is 1. The Morgan fingerprint density at radius 3 is 2.76 bits per heavy atom. The maximum absolute atomic E-state index is 12.0. The van der Waals surface area contributed by atoms with E-state index in [2.05, 4.69) is 5.43 Å². The Labute approximate surface area is 128 Å². The molecule has 0 aromatic heterocycles. The van der Waals surface area contributed by atoms with E-state index < -0.39 is 16.9 Å². The first-order valence-corrected chi connectivity index (χ1v) is 6.70. The topological polar surface area (TPSA) is 119 Å². The number of nitrogens with zero attached hydrogens (tertiary/aromatic N) is 2. The van der Waals surface area contributed by atoms with Crippen LogP contribution in [0.25, 0.3) is 6.08 Å². The lowest BCUT2D eigenvalue weighted by molar-refractivity contribution is -0.385. The van der Waals surface area contributed by atoms with Crippen LogP contribution in [0.5, 0.6) is 0 Å². The summed E-state index contributed by atoms with van der Waals surface area (Å²) in [4.78, 5) is 33.4. The molecule has 1 saturated heterocycles. The van der Waals surface area contributed by atoms with Gasteiger partial charge < -0.3 is 5.73 Å². The number of nitrogens with one attached hydrogen (secondary N) is 1. The molecule has 0 radical (unpaired) electrons. The van der Waals surface area contributed by atoms with Gasteiger partial charge in [-0.2, -0.15) is 5.01 Å². The molecule has 0 saturated carbocycles. The standard InChI is InChI=1S/C11H8N4O4S2/c12-10(17)13-14-9(16)8(21-11(14)20)5-6-3-1-2-4-7(6)15(18)19/h1-5H,(H3,12,13,17). The van der Waals surface area contributed by atoms with Crippen LogP contribution in [0.3, 0.4) is 0 Å². The number of thioether (sulfide) groups is 1. The highest BCUT2D eigenvalue weighted by Crippen LogP contribution is 2.33. The third-order valence-electron chi connectivity index (χ3n) is 2.44. The summed E-state index contributed by atoms with van der Waals surface area (Å²) in [7, 11) is 0. The van der Waals surface area contributed by atoms with Crippen molar-refractivity contribution in [3.05, 3.63) is 44.8 Å². The molecular formula is C11H8N4O4S2. The largest absolute Gasteiger partial charge is 0.350 e. The van der Waals surface area contributed by atoms with Crippen LogP contribution in [-0.4, -0.2) is 26.2 Å². The average molecular weight is 324 g/mol. The van der Waals surface area contributed by atoms with Crippen LogP contribution in [-0.2, 0) is 4.79 Å². The number of benzene rings is 1. The van der Waals surface area contributed by atoms with Crippen LogP contribution in [0.15, 0.2) is 29.2 Å². The predicted molar refractivity (Wildman–Crippen MR) is 80.8 cm³/mol. The highest BCUT2D eigenvalue weighted by Gasteiger charge is 2.33. The molecule has 0 bridgehead atoms.